The van der Waals surface area contributed by atoms with E-state index in [0.29, 0.717) is 13.0 Å². The van der Waals surface area contributed by atoms with Gasteiger partial charge in [-0.1, -0.05) is 155 Å². The Hall–Kier alpha value is -0.660. The summed E-state index contributed by atoms with van der Waals surface area (Å²) in [6.45, 7) is 4.21. The van der Waals surface area contributed by atoms with Crippen molar-refractivity contribution in [1.82, 2.24) is 0 Å². The van der Waals surface area contributed by atoms with Gasteiger partial charge >= 0.3 is 13.8 Å². The third-order valence-electron chi connectivity index (χ3n) is 9.73. The molecule has 0 bridgehead atoms. The van der Waals surface area contributed by atoms with Crippen LogP contribution < -0.4 is 0 Å². The van der Waals surface area contributed by atoms with E-state index in [9.17, 15) is 39.8 Å². The van der Waals surface area contributed by atoms with Gasteiger partial charge in [-0.15, -0.1) is 0 Å². The molecule has 0 spiro atoms. The molecule has 0 saturated heterocycles. The van der Waals surface area contributed by atoms with Gasteiger partial charge in [0.25, 0.3) is 0 Å². The van der Waals surface area contributed by atoms with Gasteiger partial charge in [0.2, 0.25) is 0 Å². The summed E-state index contributed by atoms with van der Waals surface area (Å²) >= 11 is 0. The number of hydrogen-bond acceptors (Lipinski definition) is 11. The molecule has 0 aliphatic heterocycles. The summed E-state index contributed by atoms with van der Waals surface area (Å²) in [6, 6.07) is 0. The van der Waals surface area contributed by atoms with Crippen LogP contribution in [0.4, 0.5) is 0 Å². The molecule has 1 aliphatic rings. The number of unbranched alkanes of at least 4 members (excludes halogenated alkanes) is 22. The van der Waals surface area contributed by atoms with E-state index in [-0.39, 0.29) is 13.0 Å². The monoisotopic (exact) mass is 754 g/mol. The van der Waals surface area contributed by atoms with Crippen molar-refractivity contribution in [2.45, 2.75) is 217 Å². The molecular weight excluding hydrogens is 679 g/mol. The van der Waals surface area contributed by atoms with Gasteiger partial charge < -0.3 is 39.9 Å². The summed E-state index contributed by atoms with van der Waals surface area (Å²) in [7, 11) is -5.00. The Balaban J connectivity index is 2.36. The van der Waals surface area contributed by atoms with E-state index >= 15 is 0 Å². The maximum atomic E-state index is 12.7. The molecule has 1 aliphatic carbocycles. The van der Waals surface area contributed by atoms with Crippen LogP contribution in [0.3, 0.4) is 0 Å². The second-order valence-electron chi connectivity index (χ2n) is 14.5. The summed E-state index contributed by atoms with van der Waals surface area (Å²) in [6.07, 6.45) is 16.4. The lowest BCUT2D eigenvalue weighted by atomic mass is 9.85. The Bertz CT molecular complexity index is 864. The minimum Gasteiger partial charge on any atom is -0.457 e. The number of phosphoric acid groups is 1. The molecular formula is C38H75O12P. The van der Waals surface area contributed by atoms with Crippen molar-refractivity contribution in [3.05, 3.63) is 0 Å². The van der Waals surface area contributed by atoms with Crippen LogP contribution in [-0.4, -0.2) is 98.9 Å². The number of rotatable bonds is 34. The zero-order valence-electron chi connectivity index (χ0n) is 31.9. The molecule has 12 nitrogen and oxygen atoms in total. The van der Waals surface area contributed by atoms with Crippen molar-refractivity contribution < 1.29 is 58.3 Å². The van der Waals surface area contributed by atoms with E-state index in [2.05, 4.69) is 13.8 Å². The number of hydrogen-bond donors (Lipinski definition) is 6. The third kappa shape index (κ3) is 23.7. The standard InChI is InChI=1S/C38H75O12P/c1-3-5-7-9-11-12-13-14-15-16-17-18-19-20-22-24-26-28-47-29-31(49-32(39)27-25-23-21-10-8-6-4-2)30-48-51(45,46)50-38-36(43)34(41)33(40)35(42)37(38)44/h31,33-38,40-44H,3-30H2,1-2H3,(H,45,46). The predicted octanol–water partition coefficient (Wildman–Crippen LogP) is 7.03. The van der Waals surface area contributed by atoms with Crippen LogP contribution in [0.2, 0.25) is 0 Å². The summed E-state index contributed by atoms with van der Waals surface area (Å²) in [5, 5.41) is 49.9. The van der Waals surface area contributed by atoms with Crippen LogP contribution in [-0.2, 0) is 27.9 Å². The molecule has 0 aromatic carbocycles. The van der Waals surface area contributed by atoms with E-state index in [1.807, 2.05) is 0 Å². The Morgan fingerprint density at radius 3 is 1.35 bits per heavy atom. The van der Waals surface area contributed by atoms with Gasteiger partial charge in [-0.05, 0) is 12.8 Å². The largest absolute Gasteiger partial charge is 0.472 e. The smallest absolute Gasteiger partial charge is 0.457 e. The van der Waals surface area contributed by atoms with Gasteiger partial charge in [0.15, 0.2) is 0 Å². The first kappa shape index (κ1) is 48.4. The lowest BCUT2D eigenvalue weighted by molar-refractivity contribution is -0.220. The lowest BCUT2D eigenvalue weighted by Crippen LogP contribution is -2.64. The highest BCUT2D eigenvalue weighted by Gasteiger charge is 2.51. The fraction of sp³-hybridized carbons (Fsp3) is 0.974. The average Bonchev–Trinajstić information content (AvgIpc) is 3.11. The molecule has 6 N–H and O–H groups in total. The van der Waals surface area contributed by atoms with Gasteiger partial charge in [0.1, 0.15) is 42.7 Å². The van der Waals surface area contributed by atoms with Crippen LogP contribution >= 0.6 is 7.82 Å². The minimum absolute atomic E-state index is 0.0695. The summed E-state index contributed by atoms with van der Waals surface area (Å²) in [4.78, 5) is 22.9. The molecule has 1 rings (SSSR count). The molecule has 6 atom stereocenters. The Labute approximate surface area is 308 Å². The number of aliphatic hydroxyl groups is 5. The van der Waals surface area contributed by atoms with Gasteiger partial charge in [0.05, 0.1) is 13.2 Å². The van der Waals surface area contributed by atoms with E-state index in [1.54, 1.807) is 0 Å². The van der Waals surface area contributed by atoms with Crippen molar-refractivity contribution in [2.75, 3.05) is 19.8 Å². The first-order valence-electron chi connectivity index (χ1n) is 20.4. The maximum Gasteiger partial charge on any atom is 0.472 e. The SMILES string of the molecule is CCCCCCCCCCCCCCCCCCCOCC(COP(=O)(O)OC1C(O)C(O)C(O)C(O)C1O)OC(=O)CCCCCCCCC. The van der Waals surface area contributed by atoms with E-state index in [4.69, 9.17) is 18.5 Å². The second kappa shape index (κ2) is 30.6. The molecule has 0 heterocycles. The van der Waals surface area contributed by atoms with Gasteiger partial charge in [-0.25, -0.2) is 4.57 Å². The lowest BCUT2D eigenvalue weighted by Gasteiger charge is -2.41. The molecule has 51 heavy (non-hydrogen) atoms. The molecule has 304 valence electrons. The normalized spacial score (nSPS) is 24.0. The summed E-state index contributed by atoms with van der Waals surface area (Å²) in [5.41, 5.74) is 0. The zero-order valence-corrected chi connectivity index (χ0v) is 32.8. The van der Waals surface area contributed by atoms with Crippen LogP contribution in [0.5, 0.6) is 0 Å². The number of ether oxygens (including phenoxy) is 2. The van der Waals surface area contributed by atoms with Gasteiger partial charge in [-0.3, -0.25) is 13.8 Å². The van der Waals surface area contributed by atoms with Crippen molar-refractivity contribution in [1.29, 1.82) is 0 Å². The van der Waals surface area contributed by atoms with Crippen LogP contribution in [0, 0.1) is 0 Å². The quantitative estimate of drug-likeness (QED) is 0.0224. The molecule has 13 heteroatoms. The maximum absolute atomic E-state index is 12.7. The van der Waals surface area contributed by atoms with E-state index in [0.717, 1.165) is 44.9 Å². The molecule has 0 aromatic rings. The Kier molecular flexibility index (Phi) is 29.1. The molecule has 0 amide bonds. The second-order valence-corrected chi connectivity index (χ2v) is 15.9. The topological polar surface area (TPSA) is 192 Å². The van der Waals surface area contributed by atoms with Crippen LogP contribution in [0.1, 0.15) is 174 Å². The van der Waals surface area contributed by atoms with Crippen molar-refractivity contribution >= 4 is 13.8 Å². The average molecular weight is 755 g/mol. The third-order valence-corrected chi connectivity index (χ3v) is 10.7. The predicted molar refractivity (Wildman–Crippen MR) is 198 cm³/mol. The van der Waals surface area contributed by atoms with Crippen LogP contribution in [0.15, 0.2) is 0 Å². The highest BCUT2D eigenvalue weighted by atomic mass is 31.2. The zero-order chi connectivity index (χ0) is 37.7. The van der Waals surface area contributed by atoms with E-state index in [1.165, 1.54) is 103 Å². The van der Waals surface area contributed by atoms with E-state index < -0.39 is 63.1 Å². The summed E-state index contributed by atoms with van der Waals surface area (Å²) < 4.78 is 33.9. The fourth-order valence-electron chi connectivity index (χ4n) is 6.41. The van der Waals surface area contributed by atoms with Crippen LogP contribution in [0.25, 0.3) is 0 Å². The fourth-order valence-corrected chi connectivity index (χ4v) is 7.39. The minimum atomic E-state index is -5.00. The number of phosphoric ester groups is 1. The molecule has 6 unspecified atom stereocenters. The van der Waals surface area contributed by atoms with Crippen molar-refractivity contribution in [3.63, 3.8) is 0 Å². The van der Waals surface area contributed by atoms with Crippen molar-refractivity contribution in [3.8, 4) is 0 Å². The summed E-state index contributed by atoms with van der Waals surface area (Å²) in [5.74, 6) is -0.481. The number of esters is 1. The van der Waals surface area contributed by atoms with Crippen molar-refractivity contribution in [2.24, 2.45) is 0 Å². The molecule has 0 radical (unpaired) electrons. The highest BCUT2D eigenvalue weighted by molar-refractivity contribution is 7.47. The number of aliphatic hydroxyl groups excluding tert-OH is 5. The number of carbonyl (C=O) groups is 1. The molecule has 0 aromatic heterocycles. The first-order valence-corrected chi connectivity index (χ1v) is 21.9. The Morgan fingerprint density at radius 2 is 0.922 bits per heavy atom. The number of carbonyl (C=O) groups excluding carboxylic acids is 1. The molecule has 1 saturated carbocycles. The van der Waals surface area contributed by atoms with Gasteiger partial charge in [0, 0.05) is 13.0 Å². The highest BCUT2D eigenvalue weighted by Crippen LogP contribution is 2.47. The molecule has 1 fully saturated rings. The Morgan fingerprint density at radius 1 is 0.549 bits per heavy atom. The first-order chi connectivity index (χ1) is 24.5. The van der Waals surface area contributed by atoms with Gasteiger partial charge in [-0.2, -0.15) is 0 Å².